The van der Waals surface area contributed by atoms with Gasteiger partial charge in [0.25, 0.3) is 5.91 Å². The molecule has 0 saturated heterocycles. The van der Waals surface area contributed by atoms with Gasteiger partial charge in [-0.2, -0.15) is 5.26 Å². The summed E-state index contributed by atoms with van der Waals surface area (Å²) in [5.74, 6) is -0.576. The molecule has 0 bridgehead atoms. The van der Waals surface area contributed by atoms with E-state index in [-0.39, 0.29) is 12.1 Å². The summed E-state index contributed by atoms with van der Waals surface area (Å²) in [6.45, 7) is 5.43. The Morgan fingerprint density at radius 2 is 1.96 bits per heavy atom. The zero-order chi connectivity index (χ0) is 17.2. The van der Waals surface area contributed by atoms with E-state index in [4.69, 9.17) is 10.4 Å². The number of nitrogens with zero attached hydrogens (tertiary/aromatic N) is 2. The third-order valence-corrected chi connectivity index (χ3v) is 3.41. The molecule has 0 aliphatic rings. The van der Waals surface area contributed by atoms with E-state index < -0.39 is 18.6 Å². The van der Waals surface area contributed by atoms with Crippen LogP contribution >= 0.6 is 0 Å². The van der Waals surface area contributed by atoms with E-state index in [1.807, 2.05) is 30.3 Å². The van der Waals surface area contributed by atoms with E-state index in [0.717, 1.165) is 24.3 Å². The highest BCUT2D eigenvalue weighted by Gasteiger charge is 2.11. The summed E-state index contributed by atoms with van der Waals surface area (Å²) in [5, 5.41) is 29.4. The third-order valence-electron chi connectivity index (χ3n) is 3.41. The van der Waals surface area contributed by atoms with Crippen LogP contribution in [0.1, 0.15) is 19.4 Å². The Kier molecular flexibility index (Phi) is 7.81. The Bertz CT molecular complexity index is 572. The van der Waals surface area contributed by atoms with Gasteiger partial charge in [0, 0.05) is 25.3 Å². The zero-order valence-electron chi connectivity index (χ0n) is 13.5. The number of anilines is 1. The highest BCUT2D eigenvalue weighted by atomic mass is 16.3. The van der Waals surface area contributed by atoms with Crippen LogP contribution in [-0.4, -0.2) is 48.5 Å². The molecule has 0 fully saturated rings. The van der Waals surface area contributed by atoms with Crippen molar-refractivity contribution in [2.24, 2.45) is 0 Å². The number of carbonyl (C=O) groups excluding carboxylic acids is 1. The van der Waals surface area contributed by atoms with E-state index in [1.54, 1.807) is 0 Å². The average molecular weight is 317 g/mol. The van der Waals surface area contributed by atoms with Gasteiger partial charge in [0.05, 0.1) is 12.7 Å². The van der Waals surface area contributed by atoms with Crippen LogP contribution in [0.4, 0.5) is 5.69 Å². The zero-order valence-corrected chi connectivity index (χ0v) is 13.5. The molecule has 23 heavy (non-hydrogen) atoms. The highest BCUT2D eigenvalue weighted by molar-refractivity contribution is 6.01. The van der Waals surface area contributed by atoms with Crippen LogP contribution in [0.25, 0.3) is 6.08 Å². The summed E-state index contributed by atoms with van der Waals surface area (Å²) in [6.07, 6.45) is 0.458. The Hall–Kier alpha value is -2.36. The van der Waals surface area contributed by atoms with Gasteiger partial charge in [-0.1, -0.05) is 12.1 Å². The fourth-order valence-corrected chi connectivity index (χ4v) is 2.06. The van der Waals surface area contributed by atoms with Gasteiger partial charge >= 0.3 is 0 Å². The second kappa shape index (κ2) is 9.62. The third kappa shape index (κ3) is 5.74. The maximum Gasteiger partial charge on any atom is 0.262 e. The van der Waals surface area contributed by atoms with Crippen LogP contribution in [0.5, 0.6) is 0 Å². The van der Waals surface area contributed by atoms with Crippen molar-refractivity contribution < 1.29 is 15.0 Å². The van der Waals surface area contributed by atoms with Crippen molar-refractivity contribution in [1.82, 2.24) is 5.32 Å². The molecule has 0 heterocycles. The molecule has 3 N–H and O–H groups in total. The molecule has 0 saturated carbocycles. The van der Waals surface area contributed by atoms with Gasteiger partial charge in [-0.05, 0) is 37.6 Å². The van der Waals surface area contributed by atoms with Crippen molar-refractivity contribution >= 4 is 17.7 Å². The normalized spacial score (nSPS) is 12.4. The maximum atomic E-state index is 11.9. The SMILES string of the molecule is CCN(CC)c1ccc(C=C(C#N)C(=O)NCC(O)CO)cc1. The fourth-order valence-electron chi connectivity index (χ4n) is 2.06. The predicted octanol–water partition coefficient (Wildman–Crippen LogP) is 0.909. The number of nitrogens with one attached hydrogen (secondary N) is 1. The van der Waals surface area contributed by atoms with E-state index >= 15 is 0 Å². The monoisotopic (exact) mass is 317 g/mol. The van der Waals surface area contributed by atoms with Crippen molar-refractivity contribution in [3.63, 3.8) is 0 Å². The first kappa shape index (κ1) is 18.7. The highest BCUT2D eigenvalue weighted by Crippen LogP contribution is 2.16. The molecule has 124 valence electrons. The van der Waals surface area contributed by atoms with Crippen LogP contribution in [0.3, 0.4) is 0 Å². The number of carbonyl (C=O) groups is 1. The second-order valence-electron chi connectivity index (χ2n) is 4.98. The minimum Gasteiger partial charge on any atom is -0.394 e. The first-order valence-electron chi connectivity index (χ1n) is 7.59. The summed E-state index contributed by atoms with van der Waals surface area (Å²) in [5.41, 5.74) is 1.78. The minimum atomic E-state index is -1.03. The van der Waals surface area contributed by atoms with Crippen molar-refractivity contribution in [1.29, 1.82) is 5.26 Å². The lowest BCUT2D eigenvalue weighted by Gasteiger charge is -2.20. The predicted molar refractivity (Wildman–Crippen MR) is 89.7 cm³/mol. The molecule has 1 amide bonds. The molecule has 0 aromatic heterocycles. The van der Waals surface area contributed by atoms with Gasteiger partial charge in [0.2, 0.25) is 0 Å². The number of benzene rings is 1. The minimum absolute atomic E-state index is 0.0503. The largest absolute Gasteiger partial charge is 0.394 e. The quantitative estimate of drug-likeness (QED) is 0.489. The summed E-state index contributed by atoms with van der Waals surface area (Å²) >= 11 is 0. The number of rotatable bonds is 8. The molecule has 0 radical (unpaired) electrons. The number of aliphatic hydroxyl groups is 2. The first-order valence-corrected chi connectivity index (χ1v) is 7.59. The van der Waals surface area contributed by atoms with Crippen molar-refractivity contribution in [2.75, 3.05) is 31.1 Å². The van der Waals surface area contributed by atoms with E-state index in [9.17, 15) is 9.90 Å². The fraction of sp³-hybridized carbons (Fsp3) is 0.412. The van der Waals surface area contributed by atoms with E-state index in [1.165, 1.54) is 6.08 Å². The molecule has 6 nitrogen and oxygen atoms in total. The Labute approximate surface area is 136 Å². The lowest BCUT2D eigenvalue weighted by molar-refractivity contribution is -0.117. The number of amides is 1. The van der Waals surface area contributed by atoms with Gasteiger partial charge in [0.1, 0.15) is 11.6 Å². The van der Waals surface area contributed by atoms with Crippen LogP contribution in [0.2, 0.25) is 0 Å². The summed E-state index contributed by atoms with van der Waals surface area (Å²) < 4.78 is 0. The number of hydrogen-bond donors (Lipinski definition) is 3. The number of hydrogen-bond acceptors (Lipinski definition) is 5. The summed E-state index contributed by atoms with van der Waals surface area (Å²) in [6, 6.07) is 9.43. The second-order valence-corrected chi connectivity index (χ2v) is 4.98. The maximum absolute atomic E-state index is 11.9. The number of aliphatic hydroxyl groups excluding tert-OH is 2. The van der Waals surface area contributed by atoms with E-state index in [0.29, 0.717) is 0 Å². The van der Waals surface area contributed by atoms with Crippen LogP contribution < -0.4 is 10.2 Å². The Morgan fingerprint density at radius 3 is 2.43 bits per heavy atom. The molecule has 1 rings (SSSR count). The van der Waals surface area contributed by atoms with Gasteiger partial charge < -0.3 is 20.4 Å². The van der Waals surface area contributed by atoms with Crippen molar-refractivity contribution in [3.05, 3.63) is 35.4 Å². The molecule has 0 spiro atoms. The van der Waals surface area contributed by atoms with Crippen LogP contribution in [0, 0.1) is 11.3 Å². The average Bonchev–Trinajstić information content (AvgIpc) is 2.59. The number of nitriles is 1. The standard InChI is InChI=1S/C17H23N3O3/c1-3-20(4-2)15-7-5-13(6-8-15)9-14(10-18)17(23)19-11-16(22)12-21/h5-9,16,21-22H,3-4,11-12H2,1-2H3,(H,19,23). The van der Waals surface area contributed by atoms with Crippen molar-refractivity contribution in [3.8, 4) is 6.07 Å². The van der Waals surface area contributed by atoms with Crippen LogP contribution in [0.15, 0.2) is 29.8 Å². The van der Waals surface area contributed by atoms with Gasteiger partial charge in [-0.3, -0.25) is 4.79 Å². The lowest BCUT2D eigenvalue weighted by Crippen LogP contribution is -2.34. The summed E-state index contributed by atoms with van der Waals surface area (Å²) in [7, 11) is 0. The van der Waals surface area contributed by atoms with Gasteiger partial charge in [-0.15, -0.1) is 0 Å². The lowest BCUT2D eigenvalue weighted by atomic mass is 10.1. The van der Waals surface area contributed by atoms with Crippen molar-refractivity contribution in [2.45, 2.75) is 20.0 Å². The molecule has 1 unspecified atom stereocenters. The molecule has 1 aromatic carbocycles. The molecule has 1 aromatic rings. The molecule has 6 heteroatoms. The summed E-state index contributed by atoms with van der Waals surface area (Å²) in [4.78, 5) is 14.1. The van der Waals surface area contributed by atoms with Gasteiger partial charge in [-0.25, -0.2) is 0 Å². The van der Waals surface area contributed by atoms with E-state index in [2.05, 4.69) is 24.1 Å². The molecular formula is C17H23N3O3. The topological polar surface area (TPSA) is 96.6 Å². The molecule has 0 aliphatic heterocycles. The molecular weight excluding hydrogens is 294 g/mol. The molecule has 0 aliphatic carbocycles. The Morgan fingerprint density at radius 1 is 1.35 bits per heavy atom. The van der Waals surface area contributed by atoms with Crippen LogP contribution in [-0.2, 0) is 4.79 Å². The molecule has 1 atom stereocenters. The first-order chi connectivity index (χ1) is 11.0. The van der Waals surface area contributed by atoms with Gasteiger partial charge in [0.15, 0.2) is 0 Å². The smallest absolute Gasteiger partial charge is 0.262 e. The Balaban J connectivity index is 2.82.